The number of benzene rings is 2. The third kappa shape index (κ3) is 7.28. The molecule has 6 nitrogen and oxygen atoms in total. The van der Waals surface area contributed by atoms with Crippen LogP contribution in [-0.4, -0.2) is 29.8 Å². The summed E-state index contributed by atoms with van der Waals surface area (Å²) in [5.74, 6) is -3.92. The molecule has 2 aromatic carbocycles. The molecular formula is C24H26O6. The van der Waals surface area contributed by atoms with E-state index in [1.165, 1.54) is 24.3 Å². The van der Waals surface area contributed by atoms with Crippen molar-refractivity contribution in [2.24, 2.45) is 0 Å². The molecule has 0 aliphatic rings. The lowest BCUT2D eigenvalue weighted by Gasteiger charge is -2.17. The lowest BCUT2D eigenvalue weighted by molar-refractivity contribution is -0.182. The molecular weight excluding hydrogens is 384 g/mol. The van der Waals surface area contributed by atoms with E-state index in [1.54, 1.807) is 36.4 Å². The van der Waals surface area contributed by atoms with Crippen LogP contribution in [0.25, 0.3) is 0 Å². The van der Waals surface area contributed by atoms with Crippen LogP contribution in [0.4, 0.5) is 0 Å². The van der Waals surface area contributed by atoms with Gasteiger partial charge in [0.2, 0.25) is 6.29 Å². The molecule has 0 amide bonds. The molecule has 6 heteroatoms. The monoisotopic (exact) mass is 410 g/mol. The number of ketones is 2. The molecule has 0 aliphatic carbocycles. The van der Waals surface area contributed by atoms with Crippen LogP contribution in [0, 0.1) is 0 Å². The minimum Gasteiger partial charge on any atom is -0.419 e. The van der Waals surface area contributed by atoms with Crippen molar-refractivity contribution in [1.82, 2.24) is 0 Å². The molecule has 0 unspecified atom stereocenters. The van der Waals surface area contributed by atoms with Gasteiger partial charge in [-0.3, -0.25) is 9.59 Å². The van der Waals surface area contributed by atoms with Crippen LogP contribution in [0.1, 0.15) is 66.2 Å². The van der Waals surface area contributed by atoms with Crippen LogP contribution in [0.15, 0.2) is 60.7 Å². The summed E-state index contributed by atoms with van der Waals surface area (Å²) in [6.07, 6.45) is 3.55. The highest BCUT2D eigenvalue weighted by Crippen LogP contribution is 2.14. The fraction of sp³-hybridized carbons (Fsp3) is 0.333. The van der Waals surface area contributed by atoms with Crippen molar-refractivity contribution >= 4 is 23.5 Å². The minimum atomic E-state index is -1.30. The summed E-state index contributed by atoms with van der Waals surface area (Å²) in [6, 6.07) is 15.9. The van der Waals surface area contributed by atoms with Crippen molar-refractivity contribution in [3.05, 3.63) is 71.8 Å². The van der Waals surface area contributed by atoms with E-state index in [1.807, 2.05) is 0 Å². The lowest BCUT2D eigenvalue weighted by atomic mass is 10.1. The predicted molar refractivity (Wildman–Crippen MR) is 111 cm³/mol. The van der Waals surface area contributed by atoms with E-state index in [0.29, 0.717) is 6.42 Å². The number of carbonyl (C=O) groups is 4. The van der Waals surface area contributed by atoms with Crippen LogP contribution in [0.3, 0.4) is 0 Å². The van der Waals surface area contributed by atoms with Gasteiger partial charge in [-0.15, -0.1) is 0 Å². The summed E-state index contributed by atoms with van der Waals surface area (Å²) in [5, 5.41) is 0. The molecule has 30 heavy (non-hydrogen) atoms. The quantitative estimate of drug-likeness (QED) is 0.168. The first-order chi connectivity index (χ1) is 14.5. The number of unbranched alkanes of at least 4 members (excludes halogenated alkanes) is 4. The van der Waals surface area contributed by atoms with Gasteiger partial charge in [-0.25, -0.2) is 9.59 Å². The first-order valence-corrected chi connectivity index (χ1v) is 10.1. The lowest BCUT2D eigenvalue weighted by Crippen LogP contribution is -2.31. The van der Waals surface area contributed by atoms with Gasteiger partial charge in [-0.05, 0) is 6.42 Å². The Labute approximate surface area is 176 Å². The first-order valence-electron chi connectivity index (χ1n) is 10.1. The molecule has 0 radical (unpaired) electrons. The van der Waals surface area contributed by atoms with E-state index in [0.717, 1.165) is 25.7 Å². The number of hydrogen-bond acceptors (Lipinski definition) is 6. The van der Waals surface area contributed by atoms with Crippen molar-refractivity contribution in [3.63, 3.8) is 0 Å². The van der Waals surface area contributed by atoms with Crippen LogP contribution >= 0.6 is 0 Å². The molecule has 0 aromatic heterocycles. The Balaban J connectivity index is 2.01. The van der Waals surface area contributed by atoms with Gasteiger partial charge in [-0.2, -0.15) is 0 Å². The van der Waals surface area contributed by atoms with Crippen LogP contribution in [0.2, 0.25) is 0 Å². The van der Waals surface area contributed by atoms with Crippen LogP contribution in [-0.2, 0) is 19.1 Å². The number of esters is 2. The molecule has 158 valence electrons. The molecule has 0 aliphatic heterocycles. The van der Waals surface area contributed by atoms with E-state index >= 15 is 0 Å². The standard InChI is InChI=1S/C24H26O6/c1-2-3-4-5-12-17-20(29-23(27)21(25)18-13-8-6-9-14-18)30-24(28)22(26)19-15-10-7-11-16-19/h6-11,13-16,20H,2-5,12,17H2,1H3. The molecule has 0 spiro atoms. The maximum Gasteiger partial charge on any atom is 0.382 e. The fourth-order valence-corrected chi connectivity index (χ4v) is 2.82. The summed E-state index contributed by atoms with van der Waals surface area (Å²) in [4.78, 5) is 49.0. The molecule has 0 fully saturated rings. The van der Waals surface area contributed by atoms with Gasteiger partial charge in [0.15, 0.2) is 0 Å². The van der Waals surface area contributed by atoms with Crippen LogP contribution in [0.5, 0.6) is 0 Å². The molecule has 0 heterocycles. The maximum atomic E-state index is 12.3. The van der Waals surface area contributed by atoms with Crippen LogP contribution < -0.4 is 0 Å². The van der Waals surface area contributed by atoms with E-state index in [-0.39, 0.29) is 17.5 Å². The summed E-state index contributed by atoms with van der Waals surface area (Å²) in [7, 11) is 0. The zero-order valence-corrected chi connectivity index (χ0v) is 17.0. The Bertz CT molecular complexity index is 779. The van der Waals surface area contributed by atoms with Crippen molar-refractivity contribution in [2.75, 3.05) is 0 Å². The van der Waals surface area contributed by atoms with Gasteiger partial charge < -0.3 is 9.47 Å². The average Bonchev–Trinajstić information content (AvgIpc) is 2.78. The molecule has 0 saturated carbocycles. The molecule has 0 saturated heterocycles. The van der Waals surface area contributed by atoms with E-state index < -0.39 is 29.8 Å². The second-order valence-electron chi connectivity index (χ2n) is 6.83. The van der Waals surface area contributed by atoms with Gasteiger partial charge in [-0.1, -0.05) is 93.3 Å². The largest absolute Gasteiger partial charge is 0.419 e. The highest BCUT2D eigenvalue weighted by molar-refractivity contribution is 6.41. The average molecular weight is 410 g/mol. The zero-order valence-electron chi connectivity index (χ0n) is 17.0. The van der Waals surface area contributed by atoms with Crippen molar-refractivity contribution in [3.8, 4) is 0 Å². The number of carbonyl (C=O) groups excluding carboxylic acids is 4. The second-order valence-corrected chi connectivity index (χ2v) is 6.83. The van der Waals surface area contributed by atoms with Gasteiger partial charge in [0.25, 0.3) is 11.6 Å². The number of ether oxygens (including phenoxy) is 2. The summed E-state index contributed by atoms with van der Waals surface area (Å²) in [6.45, 7) is 2.09. The maximum absolute atomic E-state index is 12.3. The predicted octanol–water partition coefficient (Wildman–Crippen LogP) is 4.53. The van der Waals surface area contributed by atoms with Crippen molar-refractivity contribution in [2.45, 2.75) is 51.7 Å². The molecule has 0 N–H and O–H groups in total. The third-order valence-electron chi connectivity index (χ3n) is 4.46. The topological polar surface area (TPSA) is 86.7 Å². The molecule has 0 atom stereocenters. The Kier molecular flexibility index (Phi) is 9.45. The highest BCUT2D eigenvalue weighted by Gasteiger charge is 2.27. The Morgan fingerprint density at radius 3 is 1.53 bits per heavy atom. The van der Waals surface area contributed by atoms with E-state index in [9.17, 15) is 19.2 Å². The normalized spacial score (nSPS) is 10.5. The Morgan fingerprint density at radius 1 is 0.667 bits per heavy atom. The third-order valence-corrected chi connectivity index (χ3v) is 4.46. The first kappa shape index (κ1) is 23.0. The summed E-state index contributed by atoms with van der Waals surface area (Å²) < 4.78 is 10.3. The van der Waals surface area contributed by atoms with Gasteiger partial charge in [0.1, 0.15) is 0 Å². The Hall–Kier alpha value is -3.28. The zero-order chi connectivity index (χ0) is 21.8. The van der Waals surface area contributed by atoms with E-state index in [2.05, 4.69) is 6.92 Å². The SMILES string of the molecule is CCCCCCCC(OC(=O)C(=O)c1ccccc1)OC(=O)C(=O)c1ccccc1. The van der Waals surface area contributed by atoms with Gasteiger partial charge >= 0.3 is 11.9 Å². The fourth-order valence-electron chi connectivity index (χ4n) is 2.82. The molecule has 2 rings (SSSR count). The highest BCUT2D eigenvalue weighted by atomic mass is 16.7. The van der Waals surface area contributed by atoms with Crippen molar-refractivity contribution < 1.29 is 28.7 Å². The number of Topliss-reactive ketones (excluding diaryl/α,β-unsaturated/α-hetero) is 2. The van der Waals surface area contributed by atoms with Crippen molar-refractivity contribution in [1.29, 1.82) is 0 Å². The number of hydrogen-bond donors (Lipinski definition) is 0. The Morgan fingerprint density at radius 2 is 1.10 bits per heavy atom. The smallest absolute Gasteiger partial charge is 0.382 e. The second kappa shape index (κ2) is 12.3. The van der Waals surface area contributed by atoms with Gasteiger partial charge in [0, 0.05) is 17.5 Å². The number of rotatable bonds is 12. The minimum absolute atomic E-state index is 0.177. The van der Waals surface area contributed by atoms with Gasteiger partial charge in [0.05, 0.1) is 0 Å². The summed E-state index contributed by atoms with van der Waals surface area (Å²) in [5.41, 5.74) is 0.353. The summed E-state index contributed by atoms with van der Waals surface area (Å²) >= 11 is 0. The molecule has 0 bridgehead atoms. The van der Waals surface area contributed by atoms with E-state index in [4.69, 9.17) is 9.47 Å². The molecule has 2 aromatic rings.